The molecule has 5 nitrogen and oxygen atoms in total. The molecule has 2 heterocycles. The molecule has 1 N–H and O–H groups in total. The summed E-state index contributed by atoms with van der Waals surface area (Å²) in [5.41, 5.74) is 2.27. The van der Waals surface area contributed by atoms with Gasteiger partial charge in [0.15, 0.2) is 0 Å². The molecule has 0 unspecified atom stereocenters. The largest absolute Gasteiger partial charge is 0.492 e. The Kier molecular flexibility index (Phi) is 7.57. The molecule has 4 rings (SSSR count). The number of likely N-dealkylation sites (tertiary alicyclic amines) is 1. The molecule has 1 aromatic heterocycles. The second-order valence-corrected chi connectivity index (χ2v) is 9.27. The van der Waals surface area contributed by atoms with Crippen LogP contribution in [0.3, 0.4) is 0 Å². The summed E-state index contributed by atoms with van der Waals surface area (Å²) >= 11 is 0. The molecule has 0 radical (unpaired) electrons. The fourth-order valence-corrected chi connectivity index (χ4v) is 4.90. The van der Waals surface area contributed by atoms with E-state index in [9.17, 15) is 4.79 Å². The van der Waals surface area contributed by atoms with Crippen molar-refractivity contribution in [3.8, 4) is 5.75 Å². The lowest BCUT2D eigenvalue weighted by molar-refractivity contribution is -0.128. The van der Waals surface area contributed by atoms with Crippen LogP contribution in [0.4, 0.5) is 0 Å². The summed E-state index contributed by atoms with van der Waals surface area (Å²) in [6.07, 6.45) is 8.68. The molecule has 1 saturated heterocycles. The quantitative estimate of drug-likeness (QED) is 0.722. The summed E-state index contributed by atoms with van der Waals surface area (Å²) in [6.45, 7) is 5.22. The first-order chi connectivity index (χ1) is 15.2. The predicted octanol–water partition coefficient (Wildman–Crippen LogP) is 4.36. The third-order valence-corrected chi connectivity index (χ3v) is 6.55. The third kappa shape index (κ3) is 6.54. The molecule has 1 saturated carbocycles. The number of nitrogens with one attached hydrogen (secondary N) is 1. The highest BCUT2D eigenvalue weighted by atomic mass is 16.5. The smallest absolute Gasteiger partial charge is 0.224 e. The Morgan fingerprint density at radius 3 is 2.65 bits per heavy atom. The van der Waals surface area contributed by atoms with Crippen LogP contribution in [0.1, 0.15) is 49.8 Å². The van der Waals surface area contributed by atoms with Crippen LogP contribution in [-0.2, 0) is 11.3 Å². The number of aryl methyl sites for hydroxylation is 1. The van der Waals surface area contributed by atoms with Crippen molar-refractivity contribution in [1.82, 2.24) is 15.2 Å². The molecule has 2 atom stereocenters. The van der Waals surface area contributed by atoms with E-state index in [2.05, 4.69) is 39.5 Å². The zero-order valence-electron chi connectivity index (χ0n) is 18.6. The van der Waals surface area contributed by atoms with Crippen LogP contribution < -0.4 is 10.1 Å². The van der Waals surface area contributed by atoms with Gasteiger partial charge in [0.05, 0.1) is 18.7 Å². The summed E-state index contributed by atoms with van der Waals surface area (Å²) < 4.78 is 6.06. The van der Waals surface area contributed by atoms with Crippen LogP contribution in [-0.4, -0.2) is 41.5 Å². The molecule has 1 amide bonds. The average Bonchev–Trinajstić information content (AvgIpc) is 2.80. The summed E-state index contributed by atoms with van der Waals surface area (Å²) in [6, 6.07) is 14.8. The van der Waals surface area contributed by atoms with Crippen LogP contribution in [0.2, 0.25) is 0 Å². The van der Waals surface area contributed by atoms with Gasteiger partial charge in [-0.3, -0.25) is 14.7 Å². The van der Waals surface area contributed by atoms with Crippen molar-refractivity contribution in [3.05, 3.63) is 59.9 Å². The molecular formula is C26H35N3O2. The molecule has 166 valence electrons. The van der Waals surface area contributed by atoms with Gasteiger partial charge in [0.2, 0.25) is 5.91 Å². The van der Waals surface area contributed by atoms with E-state index in [1.54, 1.807) is 6.20 Å². The Morgan fingerprint density at radius 2 is 1.90 bits per heavy atom. The van der Waals surface area contributed by atoms with Crippen LogP contribution in [0.15, 0.2) is 48.7 Å². The number of rotatable bonds is 7. The summed E-state index contributed by atoms with van der Waals surface area (Å²) in [5, 5.41) is 3.36. The third-order valence-electron chi connectivity index (χ3n) is 6.55. The number of pyridine rings is 1. The lowest BCUT2D eigenvalue weighted by atomic mass is 9.87. The lowest BCUT2D eigenvalue weighted by Crippen LogP contribution is -2.49. The number of carbonyl (C=O) groups is 1. The van der Waals surface area contributed by atoms with Crippen molar-refractivity contribution in [2.45, 2.75) is 58.0 Å². The molecule has 2 fully saturated rings. The van der Waals surface area contributed by atoms with Crippen LogP contribution >= 0.6 is 0 Å². The van der Waals surface area contributed by atoms with E-state index in [-0.39, 0.29) is 11.8 Å². The topological polar surface area (TPSA) is 54.5 Å². The van der Waals surface area contributed by atoms with Gasteiger partial charge < -0.3 is 10.1 Å². The number of ether oxygens (including phenoxy) is 1. The molecular weight excluding hydrogens is 386 g/mol. The predicted molar refractivity (Wildman–Crippen MR) is 123 cm³/mol. The second kappa shape index (κ2) is 10.8. The van der Waals surface area contributed by atoms with Gasteiger partial charge in [-0.1, -0.05) is 49.6 Å². The van der Waals surface area contributed by atoms with Crippen molar-refractivity contribution in [2.75, 3.05) is 19.7 Å². The monoisotopic (exact) mass is 421 g/mol. The van der Waals surface area contributed by atoms with Crippen molar-refractivity contribution in [3.63, 3.8) is 0 Å². The molecule has 5 heteroatoms. The summed E-state index contributed by atoms with van der Waals surface area (Å²) in [5.74, 6) is 1.37. The van der Waals surface area contributed by atoms with E-state index >= 15 is 0 Å². The Balaban J connectivity index is 1.39. The van der Waals surface area contributed by atoms with Gasteiger partial charge in [0, 0.05) is 37.3 Å². The normalized spacial score (nSPS) is 22.7. The minimum atomic E-state index is 0.0177. The number of benzene rings is 1. The SMILES string of the molecule is Cc1ccc(OC[C@H]2C[C@@H](C(=O)NC3CCCCC3)CN(Cc3ccccc3)C2)cn1. The fourth-order valence-electron chi connectivity index (χ4n) is 4.90. The maximum Gasteiger partial charge on any atom is 0.224 e. The lowest BCUT2D eigenvalue weighted by Gasteiger charge is -2.38. The molecule has 0 spiro atoms. The first-order valence-electron chi connectivity index (χ1n) is 11.8. The maximum absolute atomic E-state index is 13.1. The Hall–Kier alpha value is -2.40. The summed E-state index contributed by atoms with van der Waals surface area (Å²) in [7, 11) is 0. The van der Waals surface area contributed by atoms with Gasteiger partial charge in [0.1, 0.15) is 5.75 Å². The molecule has 2 aliphatic rings. The van der Waals surface area contributed by atoms with Gasteiger partial charge in [-0.2, -0.15) is 0 Å². The number of aromatic nitrogens is 1. The van der Waals surface area contributed by atoms with E-state index in [0.29, 0.717) is 18.6 Å². The highest BCUT2D eigenvalue weighted by Crippen LogP contribution is 2.26. The van der Waals surface area contributed by atoms with Crippen molar-refractivity contribution < 1.29 is 9.53 Å². The first kappa shape index (κ1) is 21.8. The van der Waals surface area contributed by atoms with Crippen molar-refractivity contribution >= 4 is 5.91 Å². The van der Waals surface area contributed by atoms with Crippen molar-refractivity contribution in [1.29, 1.82) is 0 Å². The van der Waals surface area contributed by atoms with Gasteiger partial charge in [0.25, 0.3) is 0 Å². The highest BCUT2D eigenvalue weighted by molar-refractivity contribution is 5.79. The molecule has 0 bridgehead atoms. The van der Waals surface area contributed by atoms with E-state index < -0.39 is 0 Å². The van der Waals surface area contributed by atoms with E-state index in [4.69, 9.17) is 4.74 Å². The van der Waals surface area contributed by atoms with Gasteiger partial charge in [-0.25, -0.2) is 0 Å². The minimum absolute atomic E-state index is 0.0177. The maximum atomic E-state index is 13.1. The Bertz CT molecular complexity index is 818. The van der Waals surface area contributed by atoms with Crippen molar-refractivity contribution in [2.24, 2.45) is 11.8 Å². The summed E-state index contributed by atoms with van der Waals surface area (Å²) in [4.78, 5) is 19.9. The molecule has 1 aliphatic carbocycles. The molecule has 1 aromatic carbocycles. The number of hydrogen-bond donors (Lipinski definition) is 1. The molecule has 31 heavy (non-hydrogen) atoms. The number of hydrogen-bond acceptors (Lipinski definition) is 4. The zero-order valence-corrected chi connectivity index (χ0v) is 18.6. The Labute approximate surface area is 186 Å². The van der Waals surface area contributed by atoms with Gasteiger partial charge >= 0.3 is 0 Å². The van der Waals surface area contributed by atoms with Gasteiger partial charge in [-0.05, 0) is 43.9 Å². The number of amides is 1. The Morgan fingerprint density at radius 1 is 1.10 bits per heavy atom. The van der Waals surface area contributed by atoms with Gasteiger partial charge in [-0.15, -0.1) is 0 Å². The molecule has 1 aliphatic heterocycles. The number of piperidine rings is 1. The van der Waals surface area contributed by atoms with E-state index in [1.165, 1.54) is 24.8 Å². The van der Waals surface area contributed by atoms with Crippen LogP contribution in [0, 0.1) is 18.8 Å². The van der Waals surface area contributed by atoms with Crippen LogP contribution in [0.25, 0.3) is 0 Å². The van der Waals surface area contributed by atoms with E-state index in [0.717, 1.165) is 50.3 Å². The standard InChI is InChI=1S/C26H35N3O2/c1-20-12-13-25(15-27-20)31-19-22-14-23(26(30)28-24-10-6-3-7-11-24)18-29(17-22)16-21-8-4-2-5-9-21/h2,4-5,8-9,12-13,15,22-24H,3,6-7,10-11,14,16-19H2,1H3,(H,28,30)/t22-,23+/m0/s1. The first-order valence-corrected chi connectivity index (χ1v) is 11.8. The molecule has 2 aromatic rings. The second-order valence-electron chi connectivity index (χ2n) is 9.27. The number of carbonyl (C=O) groups excluding carboxylic acids is 1. The average molecular weight is 422 g/mol. The highest BCUT2D eigenvalue weighted by Gasteiger charge is 2.33. The fraction of sp³-hybridized carbons (Fsp3) is 0.538. The minimum Gasteiger partial charge on any atom is -0.492 e. The zero-order chi connectivity index (χ0) is 21.5. The van der Waals surface area contributed by atoms with E-state index in [1.807, 2.05) is 25.1 Å². The number of nitrogens with zero attached hydrogens (tertiary/aromatic N) is 2. The van der Waals surface area contributed by atoms with Crippen LogP contribution in [0.5, 0.6) is 5.75 Å².